The molecule has 0 unspecified atom stereocenters. The molecule has 0 bridgehead atoms. The molecular formula is C11H13ClN4O. The number of nitrogens with one attached hydrogen (secondary N) is 1. The first-order valence-electron chi connectivity index (χ1n) is 5.15. The van der Waals surface area contributed by atoms with Gasteiger partial charge in [-0.05, 0) is 24.3 Å². The second kappa shape index (κ2) is 5.05. The predicted octanol–water partition coefficient (Wildman–Crippen LogP) is 2.09. The van der Waals surface area contributed by atoms with Gasteiger partial charge in [0.2, 0.25) is 5.95 Å². The largest absolute Gasteiger partial charge is 0.486 e. The van der Waals surface area contributed by atoms with E-state index in [-0.39, 0.29) is 0 Å². The second-order valence-corrected chi connectivity index (χ2v) is 3.90. The van der Waals surface area contributed by atoms with Crippen LogP contribution in [0.1, 0.15) is 5.82 Å². The summed E-state index contributed by atoms with van der Waals surface area (Å²) in [5.74, 6) is 2.09. The van der Waals surface area contributed by atoms with Gasteiger partial charge in [0.15, 0.2) is 5.82 Å². The van der Waals surface area contributed by atoms with E-state index in [1.165, 1.54) is 0 Å². The van der Waals surface area contributed by atoms with Gasteiger partial charge in [0.25, 0.3) is 0 Å². The molecule has 0 radical (unpaired) electrons. The summed E-state index contributed by atoms with van der Waals surface area (Å²) < 4.78 is 7.26. The van der Waals surface area contributed by atoms with Crippen LogP contribution < -0.4 is 10.1 Å². The van der Waals surface area contributed by atoms with E-state index < -0.39 is 0 Å². The number of rotatable bonds is 4. The average molecular weight is 253 g/mol. The van der Waals surface area contributed by atoms with Gasteiger partial charge in [-0.2, -0.15) is 4.98 Å². The summed E-state index contributed by atoms with van der Waals surface area (Å²) in [5, 5.41) is 7.72. The summed E-state index contributed by atoms with van der Waals surface area (Å²) in [6.07, 6.45) is 0. The van der Waals surface area contributed by atoms with Crippen LogP contribution in [-0.4, -0.2) is 21.8 Å². The zero-order chi connectivity index (χ0) is 12.3. The molecule has 0 spiro atoms. The van der Waals surface area contributed by atoms with Crippen LogP contribution in [0, 0.1) is 0 Å². The van der Waals surface area contributed by atoms with Crippen LogP contribution in [0.3, 0.4) is 0 Å². The number of halogens is 1. The highest BCUT2D eigenvalue weighted by molar-refractivity contribution is 6.30. The molecule has 0 aliphatic carbocycles. The number of nitrogens with zero attached hydrogens (tertiary/aromatic N) is 3. The number of hydrogen-bond donors (Lipinski definition) is 1. The van der Waals surface area contributed by atoms with Gasteiger partial charge in [-0.3, -0.25) is 0 Å². The normalized spacial score (nSPS) is 10.3. The van der Waals surface area contributed by atoms with Crippen LogP contribution in [0.5, 0.6) is 5.75 Å². The molecule has 2 rings (SSSR count). The molecule has 5 nitrogen and oxygen atoms in total. The number of benzene rings is 1. The number of anilines is 1. The first kappa shape index (κ1) is 11.7. The van der Waals surface area contributed by atoms with Gasteiger partial charge in [-0.25, -0.2) is 4.68 Å². The highest BCUT2D eigenvalue weighted by Crippen LogP contribution is 2.16. The molecule has 1 heterocycles. The summed E-state index contributed by atoms with van der Waals surface area (Å²) in [7, 11) is 3.60. The van der Waals surface area contributed by atoms with Crippen LogP contribution in [-0.2, 0) is 13.7 Å². The number of hydrogen-bond acceptors (Lipinski definition) is 4. The first-order valence-corrected chi connectivity index (χ1v) is 5.53. The lowest BCUT2D eigenvalue weighted by molar-refractivity contribution is 0.290. The number of aromatic nitrogens is 3. The Labute approximate surface area is 104 Å². The molecule has 0 saturated carbocycles. The minimum absolute atomic E-state index is 0.368. The third kappa shape index (κ3) is 2.88. The lowest BCUT2D eigenvalue weighted by atomic mass is 10.3. The van der Waals surface area contributed by atoms with E-state index in [4.69, 9.17) is 16.3 Å². The molecule has 1 aromatic heterocycles. The molecule has 1 aromatic carbocycles. The zero-order valence-corrected chi connectivity index (χ0v) is 10.4. The van der Waals surface area contributed by atoms with Crippen molar-refractivity contribution in [2.24, 2.45) is 7.05 Å². The molecule has 0 aliphatic heterocycles. The topological polar surface area (TPSA) is 52.0 Å². The monoisotopic (exact) mass is 252 g/mol. The van der Waals surface area contributed by atoms with E-state index in [1.807, 2.05) is 19.2 Å². The smallest absolute Gasteiger partial charge is 0.242 e. The van der Waals surface area contributed by atoms with Crippen molar-refractivity contribution < 1.29 is 4.74 Å². The predicted molar refractivity (Wildman–Crippen MR) is 66.3 cm³/mol. The van der Waals surface area contributed by atoms with Crippen molar-refractivity contribution in [3.05, 3.63) is 35.1 Å². The molecule has 1 N–H and O–H groups in total. The summed E-state index contributed by atoms with van der Waals surface area (Å²) in [5.41, 5.74) is 0. The van der Waals surface area contributed by atoms with Crippen molar-refractivity contribution in [1.29, 1.82) is 0 Å². The van der Waals surface area contributed by atoms with Crippen molar-refractivity contribution in [3.8, 4) is 5.75 Å². The maximum Gasteiger partial charge on any atom is 0.242 e. The quantitative estimate of drug-likeness (QED) is 0.905. The Kier molecular flexibility index (Phi) is 3.49. The van der Waals surface area contributed by atoms with Crippen LogP contribution in [0.2, 0.25) is 5.02 Å². The van der Waals surface area contributed by atoms with Crippen molar-refractivity contribution in [1.82, 2.24) is 14.8 Å². The van der Waals surface area contributed by atoms with Crippen LogP contribution in [0.15, 0.2) is 24.3 Å². The lowest BCUT2D eigenvalue weighted by Gasteiger charge is -2.04. The molecule has 2 aromatic rings. The van der Waals surface area contributed by atoms with Crippen LogP contribution >= 0.6 is 11.6 Å². The zero-order valence-electron chi connectivity index (χ0n) is 9.64. The molecule has 0 atom stereocenters. The summed E-state index contributed by atoms with van der Waals surface area (Å²) >= 11 is 5.79. The highest BCUT2D eigenvalue weighted by Gasteiger charge is 2.06. The van der Waals surface area contributed by atoms with Crippen molar-refractivity contribution >= 4 is 17.5 Å². The Hall–Kier alpha value is -1.75. The van der Waals surface area contributed by atoms with E-state index >= 15 is 0 Å². The van der Waals surface area contributed by atoms with Crippen molar-refractivity contribution in [2.75, 3.05) is 12.4 Å². The lowest BCUT2D eigenvalue weighted by Crippen LogP contribution is -2.04. The molecule has 17 heavy (non-hydrogen) atoms. The fourth-order valence-electron chi connectivity index (χ4n) is 1.33. The molecule has 0 amide bonds. The maximum absolute atomic E-state index is 5.79. The number of aryl methyl sites for hydroxylation is 1. The van der Waals surface area contributed by atoms with E-state index in [0.717, 1.165) is 11.6 Å². The van der Waals surface area contributed by atoms with E-state index in [2.05, 4.69) is 15.4 Å². The van der Waals surface area contributed by atoms with Gasteiger partial charge in [0.1, 0.15) is 12.4 Å². The van der Waals surface area contributed by atoms with Gasteiger partial charge >= 0.3 is 0 Å². The van der Waals surface area contributed by atoms with Gasteiger partial charge in [0, 0.05) is 19.1 Å². The Morgan fingerprint density at radius 2 is 2.06 bits per heavy atom. The van der Waals surface area contributed by atoms with Gasteiger partial charge < -0.3 is 10.1 Å². The van der Waals surface area contributed by atoms with E-state index in [1.54, 1.807) is 23.9 Å². The Bertz CT molecular complexity index is 495. The summed E-state index contributed by atoms with van der Waals surface area (Å²) in [4.78, 5) is 4.25. The summed E-state index contributed by atoms with van der Waals surface area (Å²) in [6, 6.07) is 7.20. The molecule has 90 valence electrons. The van der Waals surface area contributed by atoms with Crippen LogP contribution in [0.25, 0.3) is 0 Å². The maximum atomic E-state index is 5.79. The molecule has 6 heteroatoms. The Morgan fingerprint density at radius 3 is 2.65 bits per heavy atom. The van der Waals surface area contributed by atoms with E-state index in [0.29, 0.717) is 17.6 Å². The fourth-order valence-corrected chi connectivity index (χ4v) is 1.45. The van der Waals surface area contributed by atoms with Gasteiger partial charge in [-0.1, -0.05) is 11.6 Å². The second-order valence-electron chi connectivity index (χ2n) is 3.47. The van der Waals surface area contributed by atoms with Crippen molar-refractivity contribution in [3.63, 3.8) is 0 Å². The molecule has 0 fully saturated rings. The standard InChI is InChI=1S/C11H13ClN4O/c1-13-11-14-10(16(2)15-11)7-17-9-5-3-8(12)4-6-9/h3-6H,7H2,1-2H3,(H,13,15). The molecular weight excluding hydrogens is 240 g/mol. The average Bonchev–Trinajstić information content (AvgIpc) is 2.69. The molecule has 0 saturated heterocycles. The SMILES string of the molecule is CNc1nc(COc2ccc(Cl)cc2)n(C)n1. The minimum atomic E-state index is 0.368. The third-order valence-corrected chi connectivity index (χ3v) is 2.51. The highest BCUT2D eigenvalue weighted by atomic mass is 35.5. The van der Waals surface area contributed by atoms with E-state index in [9.17, 15) is 0 Å². The van der Waals surface area contributed by atoms with Crippen LogP contribution in [0.4, 0.5) is 5.95 Å². The minimum Gasteiger partial charge on any atom is -0.486 e. The fraction of sp³-hybridized carbons (Fsp3) is 0.273. The molecule has 0 aliphatic rings. The van der Waals surface area contributed by atoms with Gasteiger partial charge in [-0.15, -0.1) is 5.10 Å². The third-order valence-electron chi connectivity index (χ3n) is 2.26. The Balaban J connectivity index is 2.01. The van der Waals surface area contributed by atoms with Gasteiger partial charge in [0.05, 0.1) is 0 Å². The van der Waals surface area contributed by atoms with Crippen molar-refractivity contribution in [2.45, 2.75) is 6.61 Å². The first-order chi connectivity index (χ1) is 8.19. The number of ether oxygens (including phenoxy) is 1. The Morgan fingerprint density at radius 1 is 1.35 bits per heavy atom. The summed E-state index contributed by atoms with van der Waals surface area (Å²) in [6.45, 7) is 0.368.